The van der Waals surface area contributed by atoms with Crippen molar-refractivity contribution >= 4 is 28.5 Å². The average Bonchev–Trinajstić information content (AvgIpc) is 2.70. The van der Waals surface area contributed by atoms with Crippen molar-refractivity contribution in [1.29, 1.82) is 0 Å². The van der Waals surface area contributed by atoms with Crippen LogP contribution in [0.1, 0.15) is 37.4 Å². The summed E-state index contributed by atoms with van der Waals surface area (Å²) in [5.41, 5.74) is 4.79. The minimum Gasteiger partial charge on any atom is -0.389 e. The van der Waals surface area contributed by atoms with Crippen LogP contribution in [0.5, 0.6) is 0 Å². The van der Waals surface area contributed by atoms with Crippen molar-refractivity contribution in [2.75, 3.05) is 18.5 Å². The molecule has 152 valence electrons. The SMILES string of the molecule is Cc1cc(C(C)C)c2cc(-c3nc(N[C@@H]4CCOC[C@H]4O)ncc3Cl)ccc2n1. The normalized spacial score (nSPS) is 19.7. The van der Waals surface area contributed by atoms with Gasteiger partial charge in [-0.2, -0.15) is 0 Å². The second-order valence-electron chi connectivity index (χ2n) is 7.81. The van der Waals surface area contributed by atoms with Crippen molar-refractivity contribution in [1.82, 2.24) is 15.0 Å². The molecule has 1 fully saturated rings. The van der Waals surface area contributed by atoms with Gasteiger partial charge in [-0.3, -0.25) is 4.98 Å². The molecule has 7 heteroatoms. The fourth-order valence-electron chi connectivity index (χ4n) is 3.71. The molecule has 1 saturated heterocycles. The number of hydrogen-bond donors (Lipinski definition) is 2. The minimum absolute atomic E-state index is 0.144. The largest absolute Gasteiger partial charge is 0.389 e. The Morgan fingerprint density at radius 3 is 2.83 bits per heavy atom. The predicted octanol–water partition coefficient (Wildman–Crippen LogP) is 4.34. The van der Waals surface area contributed by atoms with E-state index in [1.165, 1.54) is 5.56 Å². The lowest BCUT2D eigenvalue weighted by Crippen LogP contribution is -2.42. The number of aryl methyl sites for hydroxylation is 1. The average molecular weight is 413 g/mol. The summed E-state index contributed by atoms with van der Waals surface area (Å²) in [5, 5.41) is 14.9. The maximum atomic E-state index is 10.1. The monoisotopic (exact) mass is 412 g/mol. The van der Waals surface area contributed by atoms with Crippen molar-refractivity contribution < 1.29 is 9.84 Å². The van der Waals surface area contributed by atoms with E-state index in [0.29, 0.717) is 42.2 Å². The van der Waals surface area contributed by atoms with Crippen molar-refractivity contribution in [3.8, 4) is 11.3 Å². The highest BCUT2D eigenvalue weighted by molar-refractivity contribution is 6.33. The van der Waals surface area contributed by atoms with Gasteiger partial charge in [-0.15, -0.1) is 0 Å². The highest BCUT2D eigenvalue weighted by Crippen LogP contribution is 2.32. The van der Waals surface area contributed by atoms with Crippen molar-refractivity contribution in [3.63, 3.8) is 0 Å². The van der Waals surface area contributed by atoms with Crippen LogP contribution in [0.2, 0.25) is 5.02 Å². The Hall–Kier alpha value is -2.28. The van der Waals surface area contributed by atoms with E-state index < -0.39 is 6.10 Å². The van der Waals surface area contributed by atoms with Crippen LogP contribution in [-0.2, 0) is 4.74 Å². The van der Waals surface area contributed by atoms with Gasteiger partial charge in [-0.1, -0.05) is 31.5 Å². The highest BCUT2D eigenvalue weighted by atomic mass is 35.5. The van der Waals surface area contributed by atoms with E-state index in [4.69, 9.17) is 16.3 Å². The van der Waals surface area contributed by atoms with E-state index in [9.17, 15) is 5.11 Å². The van der Waals surface area contributed by atoms with Crippen LogP contribution < -0.4 is 5.32 Å². The Kier molecular flexibility index (Phi) is 5.67. The van der Waals surface area contributed by atoms with Crippen LogP contribution in [-0.4, -0.2) is 45.4 Å². The third-order valence-electron chi connectivity index (χ3n) is 5.25. The lowest BCUT2D eigenvalue weighted by Gasteiger charge is -2.28. The van der Waals surface area contributed by atoms with Gasteiger partial charge >= 0.3 is 0 Å². The summed E-state index contributed by atoms with van der Waals surface area (Å²) >= 11 is 6.44. The maximum absolute atomic E-state index is 10.1. The number of halogens is 1. The molecule has 3 aromatic rings. The molecule has 29 heavy (non-hydrogen) atoms. The van der Waals surface area contributed by atoms with Gasteiger partial charge in [0.25, 0.3) is 0 Å². The third-order valence-corrected chi connectivity index (χ3v) is 5.53. The van der Waals surface area contributed by atoms with Gasteiger partial charge in [0, 0.05) is 23.3 Å². The number of aliphatic hydroxyl groups is 1. The first kappa shape index (κ1) is 20.0. The molecule has 0 aliphatic carbocycles. The number of rotatable bonds is 4. The number of aliphatic hydroxyl groups excluding tert-OH is 1. The molecule has 0 spiro atoms. The molecule has 1 aliphatic heterocycles. The second kappa shape index (κ2) is 8.22. The zero-order chi connectivity index (χ0) is 20.5. The molecule has 6 nitrogen and oxygen atoms in total. The molecule has 2 aromatic heterocycles. The van der Waals surface area contributed by atoms with E-state index in [-0.39, 0.29) is 6.04 Å². The van der Waals surface area contributed by atoms with Crippen LogP contribution in [0.15, 0.2) is 30.5 Å². The zero-order valence-corrected chi connectivity index (χ0v) is 17.6. The molecule has 0 amide bonds. The summed E-state index contributed by atoms with van der Waals surface area (Å²) in [6, 6.07) is 8.09. The highest BCUT2D eigenvalue weighted by Gasteiger charge is 2.24. The van der Waals surface area contributed by atoms with Crippen molar-refractivity contribution in [2.24, 2.45) is 0 Å². The van der Waals surface area contributed by atoms with Crippen LogP contribution >= 0.6 is 11.6 Å². The Bertz CT molecular complexity index is 1040. The Morgan fingerprint density at radius 1 is 1.24 bits per heavy atom. The summed E-state index contributed by atoms with van der Waals surface area (Å²) in [4.78, 5) is 13.6. The molecule has 0 bridgehead atoms. The summed E-state index contributed by atoms with van der Waals surface area (Å²) in [6.45, 7) is 7.29. The molecule has 1 aromatic carbocycles. The topological polar surface area (TPSA) is 80.2 Å². The molecule has 2 N–H and O–H groups in total. The molecule has 4 rings (SSSR count). The minimum atomic E-state index is -0.588. The van der Waals surface area contributed by atoms with Gasteiger partial charge in [0.05, 0.1) is 41.2 Å². The fourth-order valence-corrected chi connectivity index (χ4v) is 3.91. The van der Waals surface area contributed by atoms with E-state index in [2.05, 4.69) is 46.2 Å². The van der Waals surface area contributed by atoms with Gasteiger partial charge in [0.2, 0.25) is 5.95 Å². The summed E-state index contributed by atoms with van der Waals surface area (Å²) in [5.74, 6) is 0.823. The van der Waals surface area contributed by atoms with Gasteiger partial charge < -0.3 is 15.2 Å². The Morgan fingerprint density at radius 2 is 2.07 bits per heavy atom. The van der Waals surface area contributed by atoms with Crippen molar-refractivity contribution in [2.45, 2.75) is 45.3 Å². The van der Waals surface area contributed by atoms with Gasteiger partial charge in [0.15, 0.2) is 0 Å². The fraction of sp³-hybridized carbons (Fsp3) is 0.409. The first-order valence-electron chi connectivity index (χ1n) is 9.89. The van der Waals surface area contributed by atoms with E-state index in [0.717, 1.165) is 22.2 Å². The number of nitrogens with zero attached hydrogens (tertiary/aromatic N) is 3. The number of hydrogen-bond acceptors (Lipinski definition) is 6. The summed E-state index contributed by atoms with van der Waals surface area (Å²) < 4.78 is 5.28. The second-order valence-corrected chi connectivity index (χ2v) is 8.22. The predicted molar refractivity (Wildman–Crippen MR) is 115 cm³/mol. The smallest absolute Gasteiger partial charge is 0.223 e. The maximum Gasteiger partial charge on any atom is 0.223 e. The zero-order valence-electron chi connectivity index (χ0n) is 16.8. The molecule has 3 heterocycles. The standard InChI is InChI=1S/C22H25ClN4O2/c1-12(2)15-8-13(3)25-18-5-4-14(9-16(15)18)21-17(23)10-24-22(27-21)26-19-6-7-29-11-20(19)28/h4-5,8-10,12,19-20,28H,6-7,11H2,1-3H3,(H,24,26,27)/t19-,20-/m1/s1. The molecular formula is C22H25ClN4O2. The van der Waals surface area contributed by atoms with Gasteiger partial charge in [0.1, 0.15) is 0 Å². The van der Waals surface area contributed by atoms with Crippen LogP contribution in [0.3, 0.4) is 0 Å². The van der Waals surface area contributed by atoms with E-state index >= 15 is 0 Å². The van der Waals surface area contributed by atoms with Gasteiger partial charge in [-0.05, 0) is 43.0 Å². The van der Waals surface area contributed by atoms with Crippen LogP contribution in [0, 0.1) is 6.92 Å². The molecule has 1 aliphatic rings. The molecular weight excluding hydrogens is 388 g/mol. The molecule has 2 atom stereocenters. The number of nitrogens with one attached hydrogen (secondary N) is 1. The van der Waals surface area contributed by atoms with Crippen LogP contribution in [0.4, 0.5) is 5.95 Å². The lowest BCUT2D eigenvalue weighted by molar-refractivity contribution is -0.0136. The first-order chi connectivity index (χ1) is 13.9. The summed E-state index contributed by atoms with van der Waals surface area (Å²) in [7, 11) is 0. The quantitative estimate of drug-likeness (QED) is 0.663. The number of aromatic nitrogens is 3. The number of pyridine rings is 1. The molecule has 0 saturated carbocycles. The third kappa shape index (κ3) is 4.20. The first-order valence-corrected chi connectivity index (χ1v) is 10.3. The van der Waals surface area contributed by atoms with E-state index in [1.807, 2.05) is 19.1 Å². The number of anilines is 1. The lowest BCUT2D eigenvalue weighted by atomic mass is 9.96. The Labute approximate surface area is 175 Å². The molecule has 0 radical (unpaired) electrons. The molecule has 0 unspecified atom stereocenters. The number of benzene rings is 1. The number of fused-ring (bicyclic) bond motifs is 1. The Balaban J connectivity index is 1.73. The van der Waals surface area contributed by atoms with Crippen LogP contribution in [0.25, 0.3) is 22.2 Å². The number of ether oxygens (including phenoxy) is 1. The van der Waals surface area contributed by atoms with E-state index in [1.54, 1.807) is 6.20 Å². The summed E-state index contributed by atoms with van der Waals surface area (Å²) in [6.07, 6.45) is 1.70. The van der Waals surface area contributed by atoms with Gasteiger partial charge in [-0.25, -0.2) is 9.97 Å². The van der Waals surface area contributed by atoms with Crippen molar-refractivity contribution in [3.05, 3.63) is 46.7 Å².